The van der Waals surface area contributed by atoms with E-state index in [1.54, 1.807) is 19.2 Å². The van der Waals surface area contributed by atoms with Crippen LogP contribution in [0.15, 0.2) is 18.2 Å². The first kappa shape index (κ1) is 15.3. The van der Waals surface area contributed by atoms with Gasteiger partial charge in [0.05, 0.1) is 7.11 Å². The van der Waals surface area contributed by atoms with Crippen LogP contribution in [-0.2, 0) is 0 Å². The van der Waals surface area contributed by atoms with Crippen LogP contribution in [0.3, 0.4) is 0 Å². The Balaban J connectivity index is 2.06. The summed E-state index contributed by atoms with van der Waals surface area (Å²) in [6, 6.07) is 4.86. The number of ether oxygens (including phenoxy) is 1. The first-order valence-corrected chi connectivity index (χ1v) is 7.54. The summed E-state index contributed by atoms with van der Waals surface area (Å²) in [7, 11) is 1.54. The van der Waals surface area contributed by atoms with Crippen LogP contribution in [0, 0.1) is 11.7 Å². The van der Waals surface area contributed by atoms with Crippen molar-refractivity contribution in [3.05, 3.63) is 29.6 Å². The predicted molar refractivity (Wildman–Crippen MR) is 78.8 cm³/mol. The summed E-state index contributed by atoms with van der Waals surface area (Å²) in [6.07, 6.45) is 8.59. The van der Waals surface area contributed by atoms with Crippen LogP contribution in [0.4, 0.5) is 4.39 Å². The summed E-state index contributed by atoms with van der Waals surface area (Å²) < 4.78 is 19.2. The smallest absolute Gasteiger partial charge is 0.131 e. The Kier molecular flexibility index (Phi) is 5.80. The van der Waals surface area contributed by atoms with E-state index in [0.717, 1.165) is 6.42 Å². The van der Waals surface area contributed by atoms with Crippen LogP contribution < -0.4 is 16.0 Å². The van der Waals surface area contributed by atoms with Crippen LogP contribution in [0.1, 0.15) is 56.6 Å². The van der Waals surface area contributed by atoms with Crippen molar-refractivity contribution in [2.45, 2.75) is 51.0 Å². The third-order valence-electron chi connectivity index (χ3n) is 4.33. The van der Waals surface area contributed by atoms with Crippen molar-refractivity contribution in [1.29, 1.82) is 0 Å². The minimum absolute atomic E-state index is 0.121. The van der Waals surface area contributed by atoms with Gasteiger partial charge in [-0.15, -0.1) is 0 Å². The fourth-order valence-corrected chi connectivity index (χ4v) is 3.14. The fourth-order valence-electron chi connectivity index (χ4n) is 3.14. The van der Waals surface area contributed by atoms with Gasteiger partial charge in [-0.2, -0.15) is 0 Å². The molecule has 1 aromatic rings. The number of methoxy groups -OCH3 is 1. The average molecular weight is 280 g/mol. The molecule has 1 aliphatic rings. The van der Waals surface area contributed by atoms with Crippen molar-refractivity contribution in [2.75, 3.05) is 7.11 Å². The molecular formula is C16H25FN2O. The highest BCUT2D eigenvalue weighted by molar-refractivity contribution is 5.30. The van der Waals surface area contributed by atoms with Gasteiger partial charge >= 0.3 is 0 Å². The van der Waals surface area contributed by atoms with Crippen LogP contribution in [0.25, 0.3) is 0 Å². The van der Waals surface area contributed by atoms with E-state index >= 15 is 0 Å². The Morgan fingerprint density at radius 1 is 1.30 bits per heavy atom. The van der Waals surface area contributed by atoms with E-state index < -0.39 is 0 Å². The zero-order chi connectivity index (χ0) is 14.4. The number of rotatable bonds is 5. The van der Waals surface area contributed by atoms with Gasteiger partial charge in [-0.3, -0.25) is 11.3 Å². The second kappa shape index (κ2) is 7.60. The highest BCUT2D eigenvalue weighted by atomic mass is 19.1. The predicted octanol–water partition coefficient (Wildman–Crippen LogP) is 3.70. The number of nitrogens with two attached hydrogens (primary N) is 1. The van der Waals surface area contributed by atoms with Gasteiger partial charge < -0.3 is 4.74 Å². The SMILES string of the molecule is COc1ccc(C(CC2CCCCCC2)NN)c(F)c1. The maximum absolute atomic E-state index is 14.1. The number of hydrogen-bond donors (Lipinski definition) is 2. The number of hydrogen-bond acceptors (Lipinski definition) is 3. The summed E-state index contributed by atoms with van der Waals surface area (Å²) in [6.45, 7) is 0. The van der Waals surface area contributed by atoms with Gasteiger partial charge in [0.2, 0.25) is 0 Å². The van der Waals surface area contributed by atoms with Gasteiger partial charge in [0.1, 0.15) is 11.6 Å². The summed E-state index contributed by atoms with van der Waals surface area (Å²) in [5.41, 5.74) is 3.42. The molecule has 1 aliphatic carbocycles. The molecule has 0 aliphatic heterocycles. The first-order chi connectivity index (χ1) is 9.74. The highest BCUT2D eigenvalue weighted by Crippen LogP contribution is 2.32. The van der Waals surface area contributed by atoms with Gasteiger partial charge in [-0.25, -0.2) is 4.39 Å². The quantitative estimate of drug-likeness (QED) is 0.491. The lowest BCUT2D eigenvalue weighted by molar-refractivity contribution is 0.351. The Morgan fingerprint density at radius 3 is 2.55 bits per heavy atom. The van der Waals surface area contributed by atoms with Gasteiger partial charge in [0.15, 0.2) is 0 Å². The lowest BCUT2D eigenvalue weighted by atomic mass is 9.89. The summed E-state index contributed by atoms with van der Waals surface area (Å²) in [4.78, 5) is 0. The van der Waals surface area contributed by atoms with Crippen LogP contribution in [-0.4, -0.2) is 7.11 Å². The van der Waals surface area contributed by atoms with Crippen molar-refractivity contribution < 1.29 is 9.13 Å². The lowest BCUT2D eigenvalue weighted by Gasteiger charge is -2.23. The molecular weight excluding hydrogens is 255 g/mol. The number of hydrazine groups is 1. The molecule has 1 aromatic carbocycles. The molecule has 0 radical (unpaired) electrons. The van der Waals surface area contributed by atoms with E-state index in [1.165, 1.54) is 44.6 Å². The zero-order valence-electron chi connectivity index (χ0n) is 12.2. The third-order valence-corrected chi connectivity index (χ3v) is 4.33. The third kappa shape index (κ3) is 3.93. The molecule has 3 nitrogen and oxygen atoms in total. The molecule has 0 amide bonds. The minimum Gasteiger partial charge on any atom is -0.497 e. The summed E-state index contributed by atoms with van der Waals surface area (Å²) >= 11 is 0. The Hall–Kier alpha value is -1.13. The Bertz CT molecular complexity index is 417. The summed E-state index contributed by atoms with van der Waals surface area (Å²) in [5.74, 6) is 6.58. The molecule has 0 bridgehead atoms. The molecule has 2 rings (SSSR count). The van der Waals surface area contributed by atoms with Crippen LogP contribution in [0.5, 0.6) is 5.75 Å². The molecule has 1 unspecified atom stereocenters. The standard InChI is InChI=1S/C16H25FN2O/c1-20-13-8-9-14(15(17)11-13)16(19-18)10-12-6-4-2-3-5-7-12/h8-9,11-12,16,19H,2-7,10,18H2,1H3. The van der Waals surface area contributed by atoms with E-state index in [1.807, 2.05) is 0 Å². The Morgan fingerprint density at radius 2 is 2.00 bits per heavy atom. The monoisotopic (exact) mass is 280 g/mol. The van der Waals surface area contributed by atoms with Crippen LogP contribution >= 0.6 is 0 Å². The molecule has 3 N–H and O–H groups in total. The molecule has 1 atom stereocenters. The second-order valence-corrected chi connectivity index (χ2v) is 5.70. The Labute approximate surface area is 120 Å². The van der Waals surface area contributed by atoms with Gasteiger partial charge in [-0.05, 0) is 18.4 Å². The number of nitrogens with one attached hydrogen (secondary N) is 1. The molecule has 112 valence electrons. The molecule has 0 saturated heterocycles. The zero-order valence-corrected chi connectivity index (χ0v) is 12.2. The van der Waals surface area contributed by atoms with Gasteiger partial charge in [-0.1, -0.05) is 44.6 Å². The first-order valence-electron chi connectivity index (χ1n) is 7.54. The second-order valence-electron chi connectivity index (χ2n) is 5.70. The molecule has 0 aromatic heterocycles. The maximum atomic E-state index is 14.1. The molecule has 0 heterocycles. The average Bonchev–Trinajstić information content (AvgIpc) is 2.73. The highest BCUT2D eigenvalue weighted by Gasteiger charge is 2.21. The van der Waals surface area contributed by atoms with Crippen molar-refractivity contribution in [2.24, 2.45) is 11.8 Å². The van der Waals surface area contributed by atoms with Crippen molar-refractivity contribution in [3.63, 3.8) is 0 Å². The fraction of sp³-hybridized carbons (Fsp3) is 0.625. The van der Waals surface area contributed by atoms with Crippen LogP contribution in [0.2, 0.25) is 0 Å². The van der Waals surface area contributed by atoms with E-state index in [2.05, 4.69) is 5.43 Å². The number of benzene rings is 1. The molecule has 1 fully saturated rings. The largest absolute Gasteiger partial charge is 0.497 e. The van der Waals surface area contributed by atoms with E-state index in [-0.39, 0.29) is 11.9 Å². The van der Waals surface area contributed by atoms with Crippen molar-refractivity contribution in [3.8, 4) is 5.75 Å². The number of halogens is 1. The molecule has 1 saturated carbocycles. The van der Waals surface area contributed by atoms with Gasteiger partial charge in [0.25, 0.3) is 0 Å². The molecule has 0 spiro atoms. The summed E-state index contributed by atoms with van der Waals surface area (Å²) in [5, 5.41) is 0. The van der Waals surface area contributed by atoms with E-state index in [0.29, 0.717) is 17.2 Å². The maximum Gasteiger partial charge on any atom is 0.131 e. The molecule has 4 heteroatoms. The molecule has 20 heavy (non-hydrogen) atoms. The van der Waals surface area contributed by atoms with E-state index in [4.69, 9.17) is 10.6 Å². The van der Waals surface area contributed by atoms with Crippen molar-refractivity contribution >= 4 is 0 Å². The normalized spacial score (nSPS) is 18.6. The minimum atomic E-state index is -0.249. The topological polar surface area (TPSA) is 47.3 Å². The van der Waals surface area contributed by atoms with Crippen molar-refractivity contribution in [1.82, 2.24) is 5.43 Å². The van der Waals surface area contributed by atoms with Gasteiger partial charge in [0, 0.05) is 17.7 Å². The lowest BCUT2D eigenvalue weighted by Crippen LogP contribution is -2.30. The van der Waals surface area contributed by atoms with E-state index in [9.17, 15) is 4.39 Å².